The zero-order valence-corrected chi connectivity index (χ0v) is 17.3. The molecule has 0 aromatic heterocycles. The molecule has 8 nitrogen and oxygen atoms in total. The second-order valence-electron chi connectivity index (χ2n) is 6.19. The van der Waals surface area contributed by atoms with Gasteiger partial charge in [-0.05, 0) is 55.8 Å². The van der Waals surface area contributed by atoms with Crippen LogP contribution in [0.25, 0.3) is 0 Å². The van der Waals surface area contributed by atoms with Gasteiger partial charge in [-0.15, -0.1) is 0 Å². The number of hydrogen-bond donors (Lipinski definition) is 2. The zero-order chi connectivity index (χ0) is 21.4. The molecular formula is C20H24N2O6S. The van der Waals surface area contributed by atoms with Crippen molar-refractivity contribution < 1.29 is 27.5 Å². The number of nitrogens with one attached hydrogen (secondary N) is 2. The van der Waals surface area contributed by atoms with E-state index < -0.39 is 28.0 Å². The number of hydrogen-bond acceptors (Lipinski definition) is 6. The SMILES string of the molecule is CCCNS(=O)(=O)c1cccc(C(=O)O[C@@H](C)C(=O)Nc2ccc(OC)cc2)c1. The van der Waals surface area contributed by atoms with E-state index in [9.17, 15) is 18.0 Å². The van der Waals surface area contributed by atoms with Gasteiger partial charge in [0.15, 0.2) is 6.10 Å². The average molecular weight is 420 g/mol. The van der Waals surface area contributed by atoms with Crippen molar-refractivity contribution in [2.45, 2.75) is 31.3 Å². The van der Waals surface area contributed by atoms with Crippen LogP contribution < -0.4 is 14.8 Å². The van der Waals surface area contributed by atoms with Crippen LogP contribution in [-0.2, 0) is 19.6 Å². The standard InChI is InChI=1S/C20H24N2O6S/c1-4-12-21-29(25,26)18-7-5-6-15(13-18)20(24)28-14(2)19(23)22-16-8-10-17(27-3)11-9-16/h5-11,13-14,21H,4,12H2,1-3H3,(H,22,23)/t14-/m0/s1. The lowest BCUT2D eigenvalue weighted by molar-refractivity contribution is -0.123. The van der Waals surface area contributed by atoms with Crippen LogP contribution in [0.4, 0.5) is 5.69 Å². The number of carbonyl (C=O) groups is 2. The van der Waals surface area contributed by atoms with E-state index >= 15 is 0 Å². The van der Waals surface area contributed by atoms with Gasteiger partial charge < -0.3 is 14.8 Å². The van der Waals surface area contributed by atoms with Gasteiger partial charge in [-0.25, -0.2) is 17.9 Å². The molecule has 2 aromatic rings. The predicted molar refractivity (Wildman–Crippen MR) is 108 cm³/mol. The quantitative estimate of drug-likeness (QED) is 0.603. The monoisotopic (exact) mass is 420 g/mol. The number of amides is 1. The van der Waals surface area contributed by atoms with Crippen LogP contribution >= 0.6 is 0 Å². The van der Waals surface area contributed by atoms with E-state index in [1.807, 2.05) is 6.92 Å². The fourth-order valence-electron chi connectivity index (χ4n) is 2.31. The first-order valence-corrected chi connectivity index (χ1v) is 10.5. The van der Waals surface area contributed by atoms with Gasteiger partial charge in [-0.2, -0.15) is 0 Å². The summed E-state index contributed by atoms with van der Waals surface area (Å²) >= 11 is 0. The lowest BCUT2D eigenvalue weighted by Gasteiger charge is -2.14. The van der Waals surface area contributed by atoms with Crippen molar-refractivity contribution in [3.8, 4) is 5.75 Å². The van der Waals surface area contributed by atoms with Crippen molar-refractivity contribution in [3.05, 3.63) is 54.1 Å². The Hall–Kier alpha value is -2.91. The summed E-state index contributed by atoms with van der Waals surface area (Å²) in [6.07, 6.45) is -0.440. The Balaban J connectivity index is 2.03. The third-order valence-corrected chi connectivity index (χ3v) is 5.39. The van der Waals surface area contributed by atoms with Crippen LogP contribution in [0.2, 0.25) is 0 Å². The molecule has 0 fully saturated rings. The predicted octanol–water partition coefficient (Wildman–Crippen LogP) is 2.57. The molecule has 0 saturated carbocycles. The first-order valence-electron chi connectivity index (χ1n) is 9.02. The maximum atomic E-state index is 12.4. The lowest BCUT2D eigenvalue weighted by atomic mass is 10.2. The molecule has 0 radical (unpaired) electrons. The third-order valence-electron chi connectivity index (χ3n) is 3.93. The van der Waals surface area contributed by atoms with Gasteiger partial charge >= 0.3 is 5.97 Å². The summed E-state index contributed by atoms with van der Waals surface area (Å²) in [5.74, 6) is -0.669. The van der Waals surface area contributed by atoms with E-state index in [1.54, 1.807) is 24.3 Å². The van der Waals surface area contributed by atoms with Gasteiger partial charge in [-0.1, -0.05) is 13.0 Å². The molecule has 29 heavy (non-hydrogen) atoms. The molecule has 9 heteroatoms. The molecule has 0 aliphatic heterocycles. The molecule has 2 aromatic carbocycles. The van der Waals surface area contributed by atoms with Crippen molar-refractivity contribution in [3.63, 3.8) is 0 Å². The number of carbonyl (C=O) groups excluding carboxylic acids is 2. The highest BCUT2D eigenvalue weighted by Crippen LogP contribution is 2.16. The van der Waals surface area contributed by atoms with Crippen LogP contribution in [0.5, 0.6) is 5.75 Å². The maximum absolute atomic E-state index is 12.4. The molecule has 0 unspecified atom stereocenters. The number of benzene rings is 2. The molecule has 1 amide bonds. The molecule has 2 N–H and O–H groups in total. The van der Waals surface area contributed by atoms with E-state index in [-0.39, 0.29) is 10.5 Å². The fourth-order valence-corrected chi connectivity index (χ4v) is 3.49. The Morgan fingerprint density at radius 3 is 2.41 bits per heavy atom. The second-order valence-corrected chi connectivity index (χ2v) is 7.96. The molecule has 2 rings (SSSR count). The van der Waals surface area contributed by atoms with Crippen molar-refractivity contribution in [2.75, 3.05) is 19.0 Å². The van der Waals surface area contributed by atoms with E-state index in [4.69, 9.17) is 9.47 Å². The molecule has 0 spiro atoms. The van der Waals surface area contributed by atoms with E-state index in [2.05, 4.69) is 10.0 Å². The van der Waals surface area contributed by atoms with Gasteiger partial charge in [-0.3, -0.25) is 4.79 Å². The molecule has 0 saturated heterocycles. The number of esters is 1. The van der Waals surface area contributed by atoms with Crippen LogP contribution in [0.15, 0.2) is 53.4 Å². The Morgan fingerprint density at radius 1 is 1.10 bits per heavy atom. The van der Waals surface area contributed by atoms with Crippen LogP contribution in [0.1, 0.15) is 30.6 Å². The molecule has 1 atom stereocenters. The van der Waals surface area contributed by atoms with Crippen molar-refractivity contribution in [1.29, 1.82) is 0 Å². The summed E-state index contributed by atoms with van der Waals surface area (Å²) in [4.78, 5) is 24.6. The minimum absolute atomic E-state index is 0.0356. The largest absolute Gasteiger partial charge is 0.497 e. The van der Waals surface area contributed by atoms with Gasteiger partial charge in [0.05, 0.1) is 17.6 Å². The first-order chi connectivity index (χ1) is 13.8. The summed E-state index contributed by atoms with van der Waals surface area (Å²) in [5.41, 5.74) is 0.558. The summed E-state index contributed by atoms with van der Waals surface area (Å²) in [7, 11) is -2.18. The van der Waals surface area contributed by atoms with Crippen molar-refractivity contribution in [2.24, 2.45) is 0 Å². The third kappa shape index (κ3) is 6.30. The Kier molecular flexibility index (Phi) is 7.74. The molecule has 0 aliphatic rings. The van der Waals surface area contributed by atoms with Crippen molar-refractivity contribution in [1.82, 2.24) is 4.72 Å². The summed E-state index contributed by atoms with van der Waals surface area (Å²) in [6, 6.07) is 12.2. The first kappa shape index (κ1) is 22.4. The second kappa shape index (κ2) is 10.0. The molecule has 0 bridgehead atoms. The fraction of sp³-hybridized carbons (Fsp3) is 0.300. The normalized spacial score (nSPS) is 12.1. The van der Waals surface area contributed by atoms with Gasteiger partial charge in [0.2, 0.25) is 10.0 Å². The van der Waals surface area contributed by atoms with E-state index in [0.29, 0.717) is 24.4 Å². The van der Waals surface area contributed by atoms with E-state index in [1.165, 1.54) is 38.3 Å². The maximum Gasteiger partial charge on any atom is 0.338 e. The number of methoxy groups -OCH3 is 1. The Labute approximate surface area is 170 Å². The molecule has 0 heterocycles. The summed E-state index contributed by atoms with van der Waals surface area (Å²) < 4.78 is 37.1. The molecule has 0 aliphatic carbocycles. The topological polar surface area (TPSA) is 111 Å². The van der Waals surface area contributed by atoms with Crippen molar-refractivity contribution >= 4 is 27.6 Å². The summed E-state index contributed by atoms with van der Waals surface area (Å²) in [5, 5.41) is 2.63. The van der Waals surface area contributed by atoms with Crippen LogP contribution in [0.3, 0.4) is 0 Å². The highest BCUT2D eigenvalue weighted by molar-refractivity contribution is 7.89. The summed E-state index contributed by atoms with van der Waals surface area (Å²) in [6.45, 7) is 3.56. The van der Waals surface area contributed by atoms with Gasteiger partial charge in [0.25, 0.3) is 5.91 Å². The number of anilines is 1. The van der Waals surface area contributed by atoms with E-state index in [0.717, 1.165) is 0 Å². The highest BCUT2D eigenvalue weighted by Gasteiger charge is 2.21. The van der Waals surface area contributed by atoms with Gasteiger partial charge in [0, 0.05) is 12.2 Å². The Bertz CT molecular complexity index is 957. The minimum Gasteiger partial charge on any atom is -0.497 e. The molecule has 156 valence electrons. The van der Waals surface area contributed by atoms with Gasteiger partial charge in [0.1, 0.15) is 5.75 Å². The van der Waals surface area contributed by atoms with Crippen LogP contribution in [-0.4, -0.2) is 40.1 Å². The number of sulfonamides is 1. The smallest absolute Gasteiger partial charge is 0.338 e. The van der Waals surface area contributed by atoms with Crippen LogP contribution in [0, 0.1) is 0 Å². The number of rotatable bonds is 9. The Morgan fingerprint density at radius 2 is 1.79 bits per heavy atom. The highest BCUT2D eigenvalue weighted by atomic mass is 32.2. The minimum atomic E-state index is -3.72. The lowest BCUT2D eigenvalue weighted by Crippen LogP contribution is -2.30. The number of ether oxygens (including phenoxy) is 2. The molecular weight excluding hydrogens is 396 g/mol. The zero-order valence-electron chi connectivity index (χ0n) is 16.5. The average Bonchev–Trinajstić information content (AvgIpc) is 2.72.